The number of rotatable bonds is 6. The van der Waals surface area contributed by atoms with Crippen molar-refractivity contribution in [3.8, 4) is 0 Å². The molecule has 0 aliphatic rings. The van der Waals surface area contributed by atoms with Crippen LogP contribution in [0.5, 0.6) is 0 Å². The van der Waals surface area contributed by atoms with E-state index < -0.39 is 20.4 Å². The lowest BCUT2D eigenvalue weighted by Crippen LogP contribution is -2.15. The van der Waals surface area contributed by atoms with Crippen LogP contribution in [0.1, 0.15) is 18.9 Å². The minimum Gasteiger partial charge on any atom is -0.220 e. The van der Waals surface area contributed by atoms with Crippen molar-refractivity contribution in [2.24, 2.45) is 0 Å². The first kappa shape index (κ1) is 18.2. The summed E-state index contributed by atoms with van der Waals surface area (Å²) in [6, 6.07) is 18.7. The minimum atomic E-state index is -3.48. The Morgan fingerprint density at radius 1 is 0.880 bits per heavy atom. The fourth-order valence-electron chi connectivity index (χ4n) is 3.20. The minimum absolute atomic E-state index is 0.0692. The third-order valence-electron chi connectivity index (χ3n) is 4.12. The van der Waals surface area contributed by atoms with Crippen molar-refractivity contribution < 1.29 is 12.0 Å². The molecule has 0 saturated carbocycles. The average molecular weight is 377 g/mol. The third-order valence-corrected chi connectivity index (χ3v) is 8.31. The van der Waals surface area contributed by atoms with Gasteiger partial charge in [0.15, 0.2) is 0 Å². The largest absolute Gasteiger partial charge is 0.276 e. The van der Waals surface area contributed by atoms with Gasteiger partial charge in [0.05, 0.1) is 5.75 Å². The Labute approximate surface area is 151 Å². The molecule has 0 saturated heterocycles. The summed E-state index contributed by atoms with van der Waals surface area (Å²) in [5.74, 6) is 0.678. The maximum absolute atomic E-state index is 12.2. The molecule has 0 unspecified atom stereocenters. The smallest absolute Gasteiger partial charge is 0.220 e. The van der Waals surface area contributed by atoms with Gasteiger partial charge in [-0.05, 0) is 52.1 Å². The molecule has 3 aromatic rings. The van der Waals surface area contributed by atoms with Crippen LogP contribution < -0.4 is 0 Å². The summed E-state index contributed by atoms with van der Waals surface area (Å²) in [4.78, 5) is 0. The Hall–Kier alpha value is -1.56. The van der Waals surface area contributed by atoms with E-state index in [9.17, 15) is 8.42 Å². The predicted molar refractivity (Wildman–Crippen MR) is 110 cm³/mol. The van der Waals surface area contributed by atoms with E-state index in [0.717, 1.165) is 0 Å². The molecule has 0 radical (unpaired) electrons. The highest BCUT2D eigenvalue weighted by Crippen LogP contribution is 2.49. The van der Waals surface area contributed by atoms with Gasteiger partial charge in [0.25, 0.3) is 10.1 Å². The van der Waals surface area contributed by atoms with Gasteiger partial charge in [-0.1, -0.05) is 55.5 Å². The first-order valence-electron chi connectivity index (χ1n) is 8.35. The van der Waals surface area contributed by atoms with E-state index in [1.807, 2.05) is 43.7 Å². The van der Waals surface area contributed by atoms with Gasteiger partial charge in [-0.25, -0.2) is 3.63 Å². The molecule has 5 heteroatoms. The zero-order valence-electron chi connectivity index (χ0n) is 14.9. The Kier molecular flexibility index (Phi) is 5.09. The molecule has 0 N–H and O–H groups in total. The van der Waals surface area contributed by atoms with Gasteiger partial charge in [0.1, 0.15) is 0 Å². The Balaban J connectivity index is 2.10. The van der Waals surface area contributed by atoms with Crippen LogP contribution in [0.3, 0.4) is 0 Å². The van der Waals surface area contributed by atoms with Crippen LogP contribution in [-0.2, 0) is 19.5 Å². The molecule has 0 aromatic heterocycles. The normalized spacial score (nSPS) is 13.4. The second kappa shape index (κ2) is 6.98. The van der Waals surface area contributed by atoms with Crippen LogP contribution in [0.4, 0.5) is 0 Å². The number of fused-ring (bicyclic) bond motifs is 2. The van der Waals surface area contributed by atoms with E-state index in [1.54, 1.807) is 0 Å². The van der Waals surface area contributed by atoms with Crippen LogP contribution in [0.15, 0.2) is 54.6 Å². The van der Waals surface area contributed by atoms with Gasteiger partial charge in [-0.2, -0.15) is 8.42 Å². The molecule has 0 amide bonds. The highest BCUT2D eigenvalue weighted by atomic mass is 32.3. The lowest BCUT2D eigenvalue weighted by Gasteiger charge is -2.31. The van der Waals surface area contributed by atoms with Crippen LogP contribution in [-0.4, -0.2) is 26.7 Å². The molecule has 0 aliphatic heterocycles. The van der Waals surface area contributed by atoms with Crippen molar-refractivity contribution in [3.05, 3.63) is 60.2 Å². The standard InChI is InChI=1S/C20H24O3S2/c1-4-13-25(21,22)23-24(2,3)15-20-18-11-7-5-9-16(18)14-17-10-6-8-12-19(17)20/h5-12,14H,4,13,15H2,1-3H3. The lowest BCUT2D eigenvalue weighted by molar-refractivity contribution is 0.510. The van der Waals surface area contributed by atoms with Crippen LogP contribution in [0.25, 0.3) is 21.5 Å². The van der Waals surface area contributed by atoms with Crippen LogP contribution in [0.2, 0.25) is 0 Å². The van der Waals surface area contributed by atoms with Crippen molar-refractivity contribution in [3.63, 3.8) is 0 Å². The first-order valence-corrected chi connectivity index (χ1v) is 12.5. The van der Waals surface area contributed by atoms with E-state index in [0.29, 0.717) is 12.2 Å². The van der Waals surface area contributed by atoms with E-state index >= 15 is 0 Å². The van der Waals surface area contributed by atoms with E-state index in [1.165, 1.54) is 27.1 Å². The van der Waals surface area contributed by atoms with Crippen molar-refractivity contribution in [2.75, 3.05) is 18.3 Å². The fourth-order valence-corrected chi connectivity index (χ4v) is 7.42. The number of benzene rings is 3. The number of hydrogen-bond donors (Lipinski definition) is 0. The fraction of sp³-hybridized carbons (Fsp3) is 0.300. The highest BCUT2D eigenvalue weighted by molar-refractivity contribution is 8.31. The van der Waals surface area contributed by atoms with Crippen molar-refractivity contribution in [2.45, 2.75) is 19.1 Å². The van der Waals surface area contributed by atoms with Crippen molar-refractivity contribution in [1.29, 1.82) is 0 Å². The molecule has 0 heterocycles. The Morgan fingerprint density at radius 3 is 1.92 bits per heavy atom. The maximum atomic E-state index is 12.2. The summed E-state index contributed by atoms with van der Waals surface area (Å²) < 4.78 is 29.9. The Morgan fingerprint density at radius 2 is 1.40 bits per heavy atom. The quantitative estimate of drug-likeness (QED) is 0.553. The van der Waals surface area contributed by atoms with Crippen LogP contribution >= 0.6 is 10.3 Å². The monoisotopic (exact) mass is 376 g/mol. The Bertz CT molecular complexity index is 954. The summed E-state index contributed by atoms with van der Waals surface area (Å²) in [6.45, 7) is 1.85. The maximum Gasteiger partial charge on any atom is 0.276 e. The summed E-state index contributed by atoms with van der Waals surface area (Å²) in [6.07, 6.45) is 4.42. The molecule has 3 aromatic carbocycles. The van der Waals surface area contributed by atoms with Crippen molar-refractivity contribution in [1.82, 2.24) is 0 Å². The van der Waals surface area contributed by atoms with Gasteiger partial charge >= 0.3 is 0 Å². The summed E-state index contributed by atoms with van der Waals surface area (Å²) >= 11 is 0. The van der Waals surface area contributed by atoms with E-state index in [2.05, 4.69) is 30.3 Å². The SMILES string of the molecule is CCCS(=O)(=O)OS(C)(C)Cc1c2ccccc2cc2ccccc12. The summed E-state index contributed by atoms with van der Waals surface area (Å²) in [5.41, 5.74) is 1.17. The third kappa shape index (κ3) is 4.17. The molecule has 0 bridgehead atoms. The van der Waals surface area contributed by atoms with Gasteiger partial charge in [-0.3, -0.25) is 0 Å². The van der Waals surface area contributed by atoms with Gasteiger partial charge < -0.3 is 0 Å². The van der Waals surface area contributed by atoms with Crippen LogP contribution in [0, 0.1) is 0 Å². The summed E-state index contributed by atoms with van der Waals surface area (Å²) in [7, 11) is -5.26. The topological polar surface area (TPSA) is 43.4 Å². The first-order chi connectivity index (χ1) is 11.8. The molecule has 0 aliphatic carbocycles. The van der Waals surface area contributed by atoms with Gasteiger partial charge in [0, 0.05) is 5.75 Å². The summed E-state index contributed by atoms with van der Waals surface area (Å²) in [5, 5.41) is 4.67. The molecular weight excluding hydrogens is 352 g/mol. The lowest BCUT2D eigenvalue weighted by atomic mass is 9.98. The predicted octanol–water partition coefficient (Wildman–Crippen LogP) is 5.23. The number of hydrogen-bond acceptors (Lipinski definition) is 3. The average Bonchev–Trinajstić information content (AvgIpc) is 2.53. The molecule has 25 heavy (non-hydrogen) atoms. The second-order valence-electron chi connectivity index (χ2n) is 6.71. The molecule has 0 fully saturated rings. The zero-order chi connectivity index (χ0) is 18.1. The highest BCUT2D eigenvalue weighted by Gasteiger charge is 2.24. The van der Waals surface area contributed by atoms with E-state index in [4.69, 9.17) is 3.63 Å². The van der Waals surface area contributed by atoms with Crippen molar-refractivity contribution >= 4 is 42.0 Å². The molecule has 3 nitrogen and oxygen atoms in total. The molecule has 3 rings (SSSR count). The zero-order valence-corrected chi connectivity index (χ0v) is 16.5. The molecule has 0 atom stereocenters. The second-order valence-corrected chi connectivity index (χ2v) is 11.9. The molecule has 0 spiro atoms. The molecular formula is C20H24O3S2. The molecule has 134 valence electrons. The van der Waals surface area contributed by atoms with Gasteiger partial charge in [-0.15, -0.1) is 10.3 Å². The van der Waals surface area contributed by atoms with E-state index in [-0.39, 0.29) is 5.75 Å². The van der Waals surface area contributed by atoms with Gasteiger partial charge in [0.2, 0.25) is 0 Å².